The first-order valence-electron chi connectivity index (χ1n) is 5.92. The number of nitrogens with zero attached hydrogens (tertiary/aromatic N) is 1. The Morgan fingerprint density at radius 1 is 1.36 bits per heavy atom. The highest BCUT2D eigenvalue weighted by Crippen LogP contribution is 2.28. The average molecular weight is 215 g/mol. The van der Waals surface area contributed by atoms with E-state index < -0.39 is 0 Å². The lowest BCUT2D eigenvalue weighted by Gasteiger charge is -2.32. The molecule has 1 saturated heterocycles. The van der Waals surface area contributed by atoms with Gasteiger partial charge in [0.15, 0.2) is 0 Å². The molecule has 0 saturated carbocycles. The van der Waals surface area contributed by atoms with E-state index in [1.165, 1.54) is 38.8 Å². The standard InChI is InChI=1S/C12H25NS/c1-11(6-10-14)5-9-13-8-4-7-12(13,2)3/h11,14H,4-10H2,1-3H3. The third kappa shape index (κ3) is 3.47. The third-order valence-corrected chi connectivity index (χ3v) is 3.84. The van der Waals surface area contributed by atoms with Crippen LogP contribution >= 0.6 is 12.6 Å². The molecule has 1 fully saturated rings. The van der Waals surface area contributed by atoms with Gasteiger partial charge in [-0.05, 0) is 64.3 Å². The van der Waals surface area contributed by atoms with Gasteiger partial charge in [-0.15, -0.1) is 0 Å². The summed E-state index contributed by atoms with van der Waals surface area (Å²) in [5.74, 6) is 1.87. The maximum atomic E-state index is 4.28. The summed E-state index contributed by atoms with van der Waals surface area (Å²) in [6.07, 6.45) is 5.35. The van der Waals surface area contributed by atoms with Crippen molar-refractivity contribution in [3.05, 3.63) is 0 Å². The second-order valence-electron chi connectivity index (χ2n) is 5.31. The normalized spacial score (nSPS) is 24.0. The van der Waals surface area contributed by atoms with E-state index in [0.717, 1.165) is 11.7 Å². The zero-order valence-electron chi connectivity index (χ0n) is 9.92. The number of rotatable bonds is 5. The zero-order valence-corrected chi connectivity index (χ0v) is 10.8. The first-order valence-corrected chi connectivity index (χ1v) is 6.55. The third-order valence-electron chi connectivity index (χ3n) is 3.59. The molecule has 0 amide bonds. The van der Waals surface area contributed by atoms with Crippen molar-refractivity contribution in [3.8, 4) is 0 Å². The summed E-state index contributed by atoms with van der Waals surface area (Å²) in [6.45, 7) is 9.69. The minimum absolute atomic E-state index is 0.459. The fourth-order valence-corrected chi connectivity index (χ4v) is 2.76. The van der Waals surface area contributed by atoms with Crippen molar-refractivity contribution in [2.75, 3.05) is 18.8 Å². The van der Waals surface area contributed by atoms with Crippen molar-refractivity contribution < 1.29 is 0 Å². The van der Waals surface area contributed by atoms with Crippen LogP contribution in [0.25, 0.3) is 0 Å². The summed E-state index contributed by atoms with van der Waals surface area (Å²) in [5, 5.41) is 0. The van der Waals surface area contributed by atoms with Gasteiger partial charge in [0, 0.05) is 5.54 Å². The molecule has 0 N–H and O–H groups in total. The highest BCUT2D eigenvalue weighted by Gasteiger charge is 2.31. The summed E-state index contributed by atoms with van der Waals surface area (Å²) < 4.78 is 0. The second-order valence-corrected chi connectivity index (χ2v) is 5.76. The number of thiol groups is 1. The van der Waals surface area contributed by atoms with Crippen LogP contribution in [-0.4, -0.2) is 29.3 Å². The summed E-state index contributed by atoms with van der Waals surface area (Å²) in [6, 6.07) is 0. The lowest BCUT2D eigenvalue weighted by Crippen LogP contribution is -2.39. The molecule has 1 heterocycles. The Hall–Kier alpha value is 0.310. The number of likely N-dealkylation sites (tertiary alicyclic amines) is 1. The molecule has 1 rings (SSSR count). The highest BCUT2D eigenvalue weighted by molar-refractivity contribution is 7.80. The second kappa shape index (κ2) is 5.41. The van der Waals surface area contributed by atoms with E-state index in [2.05, 4.69) is 38.3 Å². The van der Waals surface area contributed by atoms with Gasteiger partial charge in [0.25, 0.3) is 0 Å². The molecule has 14 heavy (non-hydrogen) atoms. The van der Waals surface area contributed by atoms with Crippen molar-refractivity contribution in [2.24, 2.45) is 5.92 Å². The molecule has 1 nitrogen and oxygen atoms in total. The molecule has 1 atom stereocenters. The molecule has 0 bridgehead atoms. The van der Waals surface area contributed by atoms with Crippen LogP contribution in [0.1, 0.15) is 46.5 Å². The van der Waals surface area contributed by atoms with Crippen LogP contribution in [0.2, 0.25) is 0 Å². The summed E-state index contributed by atoms with van der Waals surface area (Å²) in [7, 11) is 0. The first kappa shape index (κ1) is 12.4. The van der Waals surface area contributed by atoms with Crippen molar-refractivity contribution in [1.29, 1.82) is 0 Å². The quantitative estimate of drug-likeness (QED) is 0.689. The monoisotopic (exact) mass is 215 g/mol. The van der Waals surface area contributed by atoms with Crippen molar-refractivity contribution in [1.82, 2.24) is 4.90 Å². The molecule has 0 radical (unpaired) electrons. The molecule has 0 aromatic rings. The minimum Gasteiger partial charge on any atom is -0.298 e. The van der Waals surface area contributed by atoms with E-state index in [0.29, 0.717) is 5.54 Å². The van der Waals surface area contributed by atoms with Gasteiger partial charge < -0.3 is 0 Å². The molecule has 2 heteroatoms. The van der Waals surface area contributed by atoms with Crippen molar-refractivity contribution >= 4 is 12.6 Å². The topological polar surface area (TPSA) is 3.24 Å². The van der Waals surface area contributed by atoms with Crippen LogP contribution in [0, 0.1) is 5.92 Å². The SMILES string of the molecule is CC(CCS)CCN1CCCC1(C)C. The molecular weight excluding hydrogens is 190 g/mol. The molecule has 0 aliphatic carbocycles. The van der Waals surface area contributed by atoms with Crippen LogP contribution in [0.4, 0.5) is 0 Å². The van der Waals surface area contributed by atoms with Gasteiger partial charge in [0.2, 0.25) is 0 Å². The summed E-state index contributed by atoms with van der Waals surface area (Å²) in [5.41, 5.74) is 0.459. The fourth-order valence-electron chi connectivity index (χ4n) is 2.32. The van der Waals surface area contributed by atoms with Crippen molar-refractivity contribution in [2.45, 2.75) is 52.0 Å². The lowest BCUT2D eigenvalue weighted by atomic mass is 10.00. The Morgan fingerprint density at radius 2 is 2.07 bits per heavy atom. The molecular formula is C12H25NS. The Labute approximate surface area is 94.7 Å². The van der Waals surface area contributed by atoms with Gasteiger partial charge in [-0.25, -0.2) is 0 Å². The van der Waals surface area contributed by atoms with Crippen molar-refractivity contribution in [3.63, 3.8) is 0 Å². The molecule has 1 aliphatic rings. The predicted octanol–water partition coefficient (Wildman–Crippen LogP) is 3.21. The smallest absolute Gasteiger partial charge is 0.0153 e. The fraction of sp³-hybridized carbons (Fsp3) is 1.00. The first-order chi connectivity index (χ1) is 6.56. The van der Waals surface area contributed by atoms with Gasteiger partial charge in [0.1, 0.15) is 0 Å². The average Bonchev–Trinajstić information content (AvgIpc) is 2.42. The van der Waals surface area contributed by atoms with Gasteiger partial charge in [-0.1, -0.05) is 6.92 Å². The maximum absolute atomic E-state index is 4.28. The van der Waals surface area contributed by atoms with E-state index in [4.69, 9.17) is 0 Å². The lowest BCUT2D eigenvalue weighted by molar-refractivity contribution is 0.164. The largest absolute Gasteiger partial charge is 0.298 e. The molecule has 1 aliphatic heterocycles. The molecule has 0 spiro atoms. The molecule has 0 aromatic heterocycles. The van der Waals surface area contributed by atoms with Crippen LogP contribution in [0.5, 0.6) is 0 Å². The number of hydrogen-bond acceptors (Lipinski definition) is 2. The van der Waals surface area contributed by atoms with Crippen LogP contribution in [-0.2, 0) is 0 Å². The Morgan fingerprint density at radius 3 is 2.57 bits per heavy atom. The summed E-state index contributed by atoms with van der Waals surface area (Å²) in [4.78, 5) is 2.65. The van der Waals surface area contributed by atoms with E-state index in [1.807, 2.05) is 0 Å². The summed E-state index contributed by atoms with van der Waals surface area (Å²) >= 11 is 4.28. The minimum atomic E-state index is 0.459. The predicted molar refractivity (Wildman–Crippen MR) is 67.1 cm³/mol. The molecule has 84 valence electrons. The van der Waals surface area contributed by atoms with Crippen LogP contribution in [0.3, 0.4) is 0 Å². The molecule has 0 aromatic carbocycles. The van der Waals surface area contributed by atoms with Crippen LogP contribution in [0.15, 0.2) is 0 Å². The van der Waals surface area contributed by atoms with E-state index in [-0.39, 0.29) is 0 Å². The van der Waals surface area contributed by atoms with Gasteiger partial charge in [-0.3, -0.25) is 4.90 Å². The number of hydrogen-bond donors (Lipinski definition) is 1. The van der Waals surface area contributed by atoms with Gasteiger partial charge in [0.05, 0.1) is 0 Å². The zero-order chi connectivity index (χ0) is 10.6. The van der Waals surface area contributed by atoms with E-state index in [9.17, 15) is 0 Å². The van der Waals surface area contributed by atoms with E-state index in [1.54, 1.807) is 0 Å². The molecule has 1 unspecified atom stereocenters. The highest BCUT2D eigenvalue weighted by atomic mass is 32.1. The Kier molecular flexibility index (Phi) is 4.78. The Bertz CT molecular complexity index is 168. The maximum Gasteiger partial charge on any atom is 0.0153 e. The Balaban J connectivity index is 2.24. The van der Waals surface area contributed by atoms with Crippen LogP contribution < -0.4 is 0 Å². The van der Waals surface area contributed by atoms with Gasteiger partial charge in [-0.2, -0.15) is 12.6 Å². The van der Waals surface area contributed by atoms with Gasteiger partial charge >= 0.3 is 0 Å². The van der Waals surface area contributed by atoms with E-state index >= 15 is 0 Å².